The van der Waals surface area contributed by atoms with Crippen LogP contribution in [0.25, 0.3) is 0 Å². The molecule has 3 nitrogen and oxygen atoms in total. The van der Waals surface area contributed by atoms with Gasteiger partial charge in [0, 0.05) is 42.1 Å². The maximum absolute atomic E-state index is 10.5. The van der Waals surface area contributed by atoms with Crippen molar-refractivity contribution in [2.75, 3.05) is 33.7 Å². The van der Waals surface area contributed by atoms with Gasteiger partial charge in [-0.05, 0) is 37.9 Å². The van der Waals surface area contributed by atoms with Gasteiger partial charge in [0.2, 0.25) is 0 Å². The highest BCUT2D eigenvalue weighted by molar-refractivity contribution is 6.33. The molecule has 0 spiro atoms. The molecule has 0 aromatic heterocycles. The summed E-state index contributed by atoms with van der Waals surface area (Å²) < 4.78 is 0. The Balaban J connectivity index is 2.07. The van der Waals surface area contributed by atoms with Crippen molar-refractivity contribution in [1.82, 2.24) is 9.80 Å². The van der Waals surface area contributed by atoms with Gasteiger partial charge in [0.05, 0.1) is 6.10 Å². The van der Waals surface area contributed by atoms with E-state index in [0.717, 1.165) is 25.2 Å². The lowest BCUT2D eigenvalue weighted by atomic mass is 9.99. The van der Waals surface area contributed by atoms with Gasteiger partial charge in [-0.1, -0.05) is 23.2 Å². The zero-order chi connectivity index (χ0) is 14.0. The number of aliphatic hydroxyl groups excluding tert-OH is 1. The standard InChI is InChI=1S/C14H20Cl2N2O/c1-17-5-6-18(2)13(9-17)14(19)8-10-7-11(15)3-4-12(10)16/h3-4,7,13-14,19H,5-6,8-9H2,1-2H3. The zero-order valence-corrected chi connectivity index (χ0v) is 12.8. The van der Waals surface area contributed by atoms with Crippen LogP contribution in [0, 0.1) is 0 Å². The van der Waals surface area contributed by atoms with Crippen molar-refractivity contribution in [3.8, 4) is 0 Å². The molecule has 5 heteroatoms. The summed E-state index contributed by atoms with van der Waals surface area (Å²) in [6.07, 6.45) is 0.0890. The second-order valence-electron chi connectivity index (χ2n) is 5.32. The topological polar surface area (TPSA) is 26.7 Å². The third-order valence-electron chi connectivity index (χ3n) is 3.78. The van der Waals surface area contributed by atoms with Gasteiger partial charge in [-0.25, -0.2) is 0 Å². The van der Waals surface area contributed by atoms with Crippen molar-refractivity contribution in [3.05, 3.63) is 33.8 Å². The second-order valence-corrected chi connectivity index (χ2v) is 6.16. The maximum atomic E-state index is 10.5. The van der Waals surface area contributed by atoms with Crippen LogP contribution < -0.4 is 0 Å². The predicted octanol–water partition coefficient (Wildman–Crippen LogP) is 2.14. The number of likely N-dealkylation sites (N-methyl/N-ethyl adjacent to an activating group) is 2. The molecule has 0 bridgehead atoms. The molecule has 1 aromatic rings. The molecule has 1 heterocycles. The molecule has 0 aliphatic carbocycles. The summed E-state index contributed by atoms with van der Waals surface area (Å²) in [6.45, 7) is 2.88. The van der Waals surface area contributed by atoms with E-state index < -0.39 is 6.10 Å². The quantitative estimate of drug-likeness (QED) is 0.927. The van der Waals surface area contributed by atoms with Gasteiger partial charge in [-0.15, -0.1) is 0 Å². The van der Waals surface area contributed by atoms with Crippen LogP contribution in [0.2, 0.25) is 10.0 Å². The summed E-state index contributed by atoms with van der Waals surface area (Å²) in [7, 11) is 4.14. The molecular weight excluding hydrogens is 283 g/mol. The van der Waals surface area contributed by atoms with Crippen LogP contribution >= 0.6 is 23.2 Å². The van der Waals surface area contributed by atoms with Crippen molar-refractivity contribution >= 4 is 23.2 Å². The summed E-state index contributed by atoms with van der Waals surface area (Å²) in [5, 5.41) is 11.8. The summed E-state index contributed by atoms with van der Waals surface area (Å²) in [6, 6.07) is 5.51. The van der Waals surface area contributed by atoms with E-state index in [2.05, 4.69) is 23.9 Å². The molecule has 1 saturated heterocycles. The molecule has 1 fully saturated rings. The maximum Gasteiger partial charge on any atom is 0.0748 e. The molecule has 1 aliphatic heterocycles. The van der Waals surface area contributed by atoms with Crippen LogP contribution in [0.15, 0.2) is 18.2 Å². The number of piperazine rings is 1. The first-order valence-corrected chi connectivity index (χ1v) is 7.23. The summed E-state index contributed by atoms with van der Waals surface area (Å²) >= 11 is 12.1. The Morgan fingerprint density at radius 2 is 2.05 bits per heavy atom. The first kappa shape index (κ1) is 15.1. The smallest absolute Gasteiger partial charge is 0.0748 e. The van der Waals surface area contributed by atoms with Gasteiger partial charge in [0.25, 0.3) is 0 Å². The number of benzene rings is 1. The fourth-order valence-corrected chi connectivity index (χ4v) is 2.91. The molecule has 0 saturated carbocycles. The fraction of sp³-hybridized carbons (Fsp3) is 0.571. The monoisotopic (exact) mass is 302 g/mol. The Morgan fingerprint density at radius 3 is 2.79 bits per heavy atom. The average Bonchev–Trinajstić information content (AvgIpc) is 2.36. The van der Waals surface area contributed by atoms with E-state index >= 15 is 0 Å². The minimum Gasteiger partial charge on any atom is -0.391 e. The van der Waals surface area contributed by atoms with Crippen LogP contribution in [0.1, 0.15) is 5.56 Å². The van der Waals surface area contributed by atoms with E-state index in [1.54, 1.807) is 12.1 Å². The third-order valence-corrected chi connectivity index (χ3v) is 4.38. The van der Waals surface area contributed by atoms with Gasteiger partial charge in [0.15, 0.2) is 0 Å². The molecular formula is C14H20Cl2N2O. The molecule has 0 amide bonds. The molecule has 2 rings (SSSR count). The lowest BCUT2D eigenvalue weighted by molar-refractivity contribution is 0.0153. The Hall–Kier alpha value is -0.320. The third kappa shape index (κ3) is 3.83. The zero-order valence-electron chi connectivity index (χ0n) is 11.3. The van der Waals surface area contributed by atoms with Gasteiger partial charge >= 0.3 is 0 Å². The summed E-state index contributed by atoms with van der Waals surface area (Å²) in [4.78, 5) is 4.45. The second kappa shape index (κ2) is 6.42. The normalized spacial score (nSPS) is 23.5. The largest absolute Gasteiger partial charge is 0.391 e. The Kier molecular flexibility index (Phi) is 5.09. The lowest BCUT2D eigenvalue weighted by Crippen LogP contribution is -2.55. The number of hydrogen-bond acceptors (Lipinski definition) is 3. The van der Waals surface area contributed by atoms with E-state index in [-0.39, 0.29) is 6.04 Å². The number of rotatable bonds is 3. The first-order chi connectivity index (χ1) is 8.97. The highest BCUT2D eigenvalue weighted by Gasteiger charge is 2.28. The molecule has 2 atom stereocenters. The minimum atomic E-state index is -0.441. The average molecular weight is 303 g/mol. The highest BCUT2D eigenvalue weighted by Crippen LogP contribution is 2.23. The number of nitrogens with zero attached hydrogens (tertiary/aromatic N) is 2. The molecule has 106 valence electrons. The van der Waals surface area contributed by atoms with Crippen molar-refractivity contribution < 1.29 is 5.11 Å². The van der Waals surface area contributed by atoms with E-state index in [4.69, 9.17) is 23.2 Å². The van der Waals surface area contributed by atoms with Crippen LogP contribution in [0.3, 0.4) is 0 Å². The van der Waals surface area contributed by atoms with Crippen LogP contribution in [0.4, 0.5) is 0 Å². The fourth-order valence-electron chi connectivity index (χ4n) is 2.52. The van der Waals surface area contributed by atoms with E-state index in [0.29, 0.717) is 16.5 Å². The van der Waals surface area contributed by atoms with Gasteiger partial charge < -0.3 is 10.0 Å². The van der Waals surface area contributed by atoms with E-state index in [9.17, 15) is 5.11 Å². The van der Waals surface area contributed by atoms with Crippen molar-refractivity contribution in [2.24, 2.45) is 0 Å². The number of halogens is 2. The van der Waals surface area contributed by atoms with E-state index in [1.807, 2.05) is 6.07 Å². The predicted molar refractivity (Wildman–Crippen MR) is 80.1 cm³/mol. The van der Waals surface area contributed by atoms with E-state index in [1.165, 1.54) is 0 Å². The number of hydrogen-bond donors (Lipinski definition) is 1. The first-order valence-electron chi connectivity index (χ1n) is 6.48. The highest BCUT2D eigenvalue weighted by atomic mass is 35.5. The molecule has 1 aliphatic rings. The number of aliphatic hydroxyl groups is 1. The summed E-state index contributed by atoms with van der Waals surface area (Å²) in [5.74, 6) is 0. The summed E-state index contributed by atoms with van der Waals surface area (Å²) in [5.41, 5.74) is 0.906. The van der Waals surface area contributed by atoms with Gasteiger partial charge in [0.1, 0.15) is 0 Å². The molecule has 0 radical (unpaired) electrons. The molecule has 2 unspecified atom stereocenters. The van der Waals surface area contributed by atoms with Crippen LogP contribution in [-0.4, -0.2) is 60.8 Å². The van der Waals surface area contributed by atoms with Crippen molar-refractivity contribution in [1.29, 1.82) is 0 Å². The van der Waals surface area contributed by atoms with Crippen LogP contribution in [0.5, 0.6) is 0 Å². The van der Waals surface area contributed by atoms with Gasteiger partial charge in [-0.2, -0.15) is 0 Å². The SMILES string of the molecule is CN1CCN(C)C(C(O)Cc2cc(Cl)ccc2Cl)C1. The van der Waals surface area contributed by atoms with Crippen molar-refractivity contribution in [2.45, 2.75) is 18.6 Å². The lowest BCUT2D eigenvalue weighted by Gasteiger charge is -2.40. The minimum absolute atomic E-state index is 0.133. The van der Waals surface area contributed by atoms with Crippen molar-refractivity contribution in [3.63, 3.8) is 0 Å². The molecule has 1 aromatic carbocycles. The van der Waals surface area contributed by atoms with Crippen LogP contribution in [-0.2, 0) is 6.42 Å². The molecule has 1 N–H and O–H groups in total. The Labute approximate surface area is 124 Å². The van der Waals surface area contributed by atoms with Gasteiger partial charge in [-0.3, -0.25) is 4.90 Å². The Bertz CT molecular complexity index is 441. The Morgan fingerprint density at radius 1 is 1.32 bits per heavy atom. The molecule has 19 heavy (non-hydrogen) atoms.